The molecule has 1 rings (SSSR count). The molecular weight excluding hydrogens is 339 g/mol. The average Bonchev–Trinajstić information content (AvgIpc) is 2.28. The first-order valence-electron chi connectivity index (χ1n) is 5.15. The lowest BCUT2D eigenvalue weighted by molar-refractivity contribution is -0.119. The van der Waals surface area contributed by atoms with E-state index < -0.39 is 0 Å². The van der Waals surface area contributed by atoms with Gasteiger partial charge in [0.1, 0.15) is 11.6 Å². The number of carbonyl (C=O) groups excluding carboxylic acids is 1. The van der Waals surface area contributed by atoms with E-state index in [0.29, 0.717) is 23.7 Å². The minimum Gasteiger partial charge on any atom is -0.300 e. The van der Waals surface area contributed by atoms with E-state index in [1.54, 1.807) is 12.1 Å². The van der Waals surface area contributed by atoms with Crippen molar-refractivity contribution in [1.82, 2.24) is 0 Å². The van der Waals surface area contributed by atoms with Crippen LogP contribution in [0.25, 0.3) is 0 Å². The topological polar surface area (TPSA) is 17.1 Å². The Morgan fingerprint density at radius 2 is 2.06 bits per heavy atom. The van der Waals surface area contributed by atoms with Gasteiger partial charge < -0.3 is 0 Å². The zero-order valence-corrected chi connectivity index (χ0v) is 12.0. The molecule has 4 heteroatoms. The van der Waals surface area contributed by atoms with Crippen LogP contribution in [-0.4, -0.2) is 11.1 Å². The quantitative estimate of drug-likeness (QED) is 0.699. The molecule has 0 unspecified atom stereocenters. The van der Waals surface area contributed by atoms with Gasteiger partial charge in [0, 0.05) is 18.2 Å². The summed E-state index contributed by atoms with van der Waals surface area (Å²) in [6.45, 7) is 0. The SMILES string of the molecule is O=C(CCCBr)CCc1ccc(F)c(Br)c1. The van der Waals surface area contributed by atoms with Gasteiger partial charge in [-0.1, -0.05) is 22.0 Å². The molecule has 0 fully saturated rings. The van der Waals surface area contributed by atoms with Crippen LogP contribution < -0.4 is 0 Å². The number of alkyl halides is 1. The monoisotopic (exact) mass is 350 g/mol. The van der Waals surface area contributed by atoms with E-state index >= 15 is 0 Å². The first kappa shape index (κ1) is 13.8. The highest BCUT2D eigenvalue weighted by Gasteiger charge is 2.04. The predicted octanol–water partition coefficient (Wildman–Crippen LogP) is 4.27. The molecule has 1 nitrogen and oxygen atoms in total. The molecule has 0 atom stereocenters. The van der Waals surface area contributed by atoms with Crippen LogP contribution in [-0.2, 0) is 11.2 Å². The minimum atomic E-state index is -0.269. The lowest BCUT2D eigenvalue weighted by Crippen LogP contribution is -2.00. The maximum absolute atomic E-state index is 12.9. The van der Waals surface area contributed by atoms with Gasteiger partial charge in [-0.2, -0.15) is 0 Å². The molecule has 1 aromatic rings. The second-order valence-corrected chi connectivity index (χ2v) is 5.23. The number of benzene rings is 1. The second-order valence-electron chi connectivity index (χ2n) is 3.58. The molecule has 0 saturated heterocycles. The molecule has 0 spiro atoms. The van der Waals surface area contributed by atoms with Crippen molar-refractivity contribution < 1.29 is 9.18 Å². The molecule has 0 aliphatic rings. The van der Waals surface area contributed by atoms with E-state index in [9.17, 15) is 9.18 Å². The molecule has 0 aliphatic carbocycles. The summed E-state index contributed by atoms with van der Waals surface area (Å²) in [5.41, 5.74) is 0.987. The average molecular weight is 352 g/mol. The van der Waals surface area contributed by atoms with E-state index in [-0.39, 0.29) is 11.6 Å². The largest absolute Gasteiger partial charge is 0.300 e. The third-order valence-electron chi connectivity index (χ3n) is 2.27. The number of ketones is 1. The van der Waals surface area contributed by atoms with Gasteiger partial charge in [0.05, 0.1) is 4.47 Å². The van der Waals surface area contributed by atoms with Crippen molar-refractivity contribution >= 4 is 37.6 Å². The Labute approximate surface area is 112 Å². The zero-order valence-electron chi connectivity index (χ0n) is 8.81. The highest BCUT2D eigenvalue weighted by molar-refractivity contribution is 9.10. The molecule has 0 aromatic heterocycles. The van der Waals surface area contributed by atoms with Crippen LogP contribution in [0, 0.1) is 5.82 Å². The maximum Gasteiger partial charge on any atom is 0.137 e. The van der Waals surface area contributed by atoms with E-state index in [2.05, 4.69) is 31.9 Å². The molecule has 0 N–H and O–H groups in total. The Bertz CT molecular complexity index is 366. The van der Waals surface area contributed by atoms with Crippen LogP contribution in [0.15, 0.2) is 22.7 Å². The van der Waals surface area contributed by atoms with Gasteiger partial charge >= 0.3 is 0 Å². The molecule has 0 bridgehead atoms. The summed E-state index contributed by atoms with van der Waals surface area (Å²) in [5.74, 6) is -0.00531. The normalized spacial score (nSPS) is 10.4. The molecule has 88 valence electrons. The maximum atomic E-state index is 12.9. The minimum absolute atomic E-state index is 0.264. The van der Waals surface area contributed by atoms with Crippen molar-refractivity contribution in [2.75, 3.05) is 5.33 Å². The second kappa shape index (κ2) is 7.17. The smallest absolute Gasteiger partial charge is 0.137 e. The highest BCUT2D eigenvalue weighted by Crippen LogP contribution is 2.18. The number of Topliss-reactive ketones (excluding diaryl/α,β-unsaturated/α-hetero) is 1. The number of rotatable bonds is 6. The van der Waals surface area contributed by atoms with Crippen molar-refractivity contribution in [3.8, 4) is 0 Å². The Hall–Kier alpha value is -0.220. The van der Waals surface area contributed by atoms with Crippen LogP contribution >= 0.6 is 31.9 Å². The third kappa shape index (κ3) is 4.74. The van der Waals surface area contributed by atoms with Crippen LogP contribution in [0.3, 0.4) is 0 Å². The highest BCUT2D eigenvalue weighted by atomic mass is 79.9. The van der Waals surface area contributed by atoms with E-state index in [4.69, 9.17) is 0 Å². The van der Waals surface area contributed by atoms with Crippen LogP contribution in [0.4, 0.5) is 4.39 Å². The van der Waals surface area contributed by atoms with Gasteiger partial charge in [0.2, 0.25) is 0 Å². The number of hydrogen-bond acceptors (Lipinski definition) is 1. The molecule has 0 radical (unpaired) electrons. The lowest BCUT2D eigenvalue weighted by Gasteiger charge is -2.02. The molecule has 0 saturated carbocycles. The molecular formula is C12H13Br2FO. The van der Waals surface area contributed by atoms with Gasteiger partial charge in [-0.25, -0.2) is 4.39 Å². The van der Waals surface area contributed by atoms with Crippen molar-refractivity contribution in [3.63, 3.8) is 0 Å². The fourth-order valence-electron chi connectivity index (χ4n) is 1.37. The molecule has 16 heavy (non-hydrogen) atoms. The third-order valence-corrected chi connectivity index (χ3v) is 3.43. The lowest BCUT2D eigenvalue weighted by atomic mass is 10.1. The fourth-order valence-corrected chi connectivity index (χ4v) is 2.07. The predicted molar refractivity (Wildman–Crippen MR) is 70.5 cm³/mol. The van der Waals surface area contributed by atoms with Gasteiger partial charge in [-0.05, 0) is 46.5 Å². The summed E-state index contributed by atoms with van der Waals surface area (Å²) >= 11 is 6.42. The number of halogens is 3. The Morgan fingerprint density at radius 1 is 1.31 bits per heavy atom. The van der Waals surface area contributed by atoms with Gasteiger partial charge in [0.15, 0.2) is 0 Å². The summed E-state index contributed by atoms with van der Waals surface area (Å²) < 4.78 is 13.4. The zero-order chi connectivity index (χ0) is 12.0. The Kier molecular flexibility index (Phi) is 6.21. The van der Waals surface area contributed by atoms with Crippen LogP contribution in [0.5, 0.6) is 0 Å². The summed E-state index contributed by atoms with van der Waals surface area (Å²) in [6.07, 6.45) is 2.71. The summed E-state index contributed by atoms with van der Waals surface area (Å²) in [6, 6.07) is 4.87. The van der Waals surface area contributed by atoms with E-state index in [1.807, 2.05) is 0 Å². The molecule has 0 heterocycles. The van der Waals surface area contributed by atoms with Gasteiger partial charge in [0.25, 0.3) is 0 Å². The number of carbonyl (C=O) groups is 1. The summed E-state index contributed by atoms with van der Waals surface area (Å²) in [7, 11) is 0. The van der Waals surface area contributed by atoms with Crippen molar-refractivity contribution in [2.45, 2.75) is 25.7 Å². The number of hydrogen-bond donors (Lipinski definition) is 0. The molecule has 0 aliphatic heterocycles. The first-order valence-corrected chi connectivity index (χ1v) is 7.06. The van der Waals surface area contributed by atoms with E-state index in [0.717, 1.165) is 17.3 Å². The summed E-state index contributed by atoms with van der Waals surface area (Å²) in [5, 5.41) is 0.862. The molecule has 0 amide bonds. The molecule has 1 aromatic carbocycles. The fraction of sp³-hybridized carbons (Fsp3) is 0.417. The van der Waals surface area contributed by atoms with Gasteiger partial charge in [-0.15, -0.1) is 0 Å². The van der Waals surface area contributed by atoms with E-state index in [1.165, 1.54) is 6.07 Å². The Morgan fingerprint density at radius 3 is 2.69 bits per heavy atom. The first-order chi connectivity index (χ1) is 7.63. The van der Waals surface area contributed by atoms with Crippen molar-refractivity contribution in [2.24, 2.45) is 0 Å². The standard InChI is InChI=1S/C12H13Br2FO/c13-7-1-2-10(16)5-3-9-4-6-12(15)11(14)8-9/h4,6,8H,1-3,5,7H2. The Balaban J connectivity index is 2.42. The van der Waals surface area contributed by atoms with Crippen LogP contribution in [0.1, 0.15) is 24.8 Å². The van der Waals surface area contributed by atoms with Crippen molar-refractivity contribution in [3.05, 3.63) is 34.1 Å². The summed E-state index contributed by atoms with van der Waals surface area (Å²) in [4.78, 5) is 11.4. The van der Waals surface area contributed by atoms with Crippen LogP contribution in [0.2, 0.25) is 0 Å². The number of aryl methyl sites for hydroxylation is 1. The van der Waals surface area contributed by atoms with Crippen molar-refractivity contribution in [1.29, 1.82) is 0 Å². The van der Waals surface area contributed by atoms with Gasteiger partial charge in [-0.3, -0.25) is 4.79 Å².